The Labute approximate surface area is 102 Å². The molecule has 0 unspecified atom stereocenters. The van der Waals surface area contributed by atoms with E-state index in [9.17, 15) is 0 Å². The molecule has 1 aromatic carbocycles. The van der Waals surface area contributed by atoms with Crippen molar-refractivity contribution in [2.45, 2.75) is 32.2 Å². The highest BCUT2D eigenvalue weighted by Crippen LogP contribution is 2.22. The molecule has 1 saturated heterocycles. The van der Waals surface area contributed by atoms with Crippen LogP contribution in [0.15, 0.2) is 24.3 Å². The summed E-state index contributed by atoms with van der Waals surface area (Å²) in [7, 11) is 0. The standard InChI is InChI=1S/C14H19NO2/c1-2-5-13-11-15(10-12(13)4-1)7-6-14-16-8-3-9-17-14/h1-2,4-5,14H,3,6-11H2. The third-order valence-electron chi connectivity index (χ3n) is 3.48. The van der Waals surface area contributed by atoms with Crippen molar-refractivity contribution in [3.63, 3.8) is 0 Å². The molecule has 92 valence electrons. The minimum absolute atomic E-state index is 0.0208. The van der Waals surface area contributed by atoms with Crippen molar-refractivity contribution < 1.29 is 9.47 Å². The Kier molecular flexibility index (Phi) is 3.41. The van der Waals surface area contributed by atoms with Crippen LogP contribution in [0.25, 0.3) is 0 Å². The predicted molar refractivity (Wildman–Crippen MR) is 65.5 cm³/mol. The molecule has 0 atom stereocenters. The van der Waals surface area contributed by atoms with Crippen LogP contribution in [0.3, 0.4) is 0 Å². The average Bonchev–Trinajstić information content (AvgIpc) is 2.80. The van der Waals surface area contributed by atoms with Crippen molar-refractivity contribution in [3.05, 3.63) is 35.4 Å². The molecular weight excluding hydrogens is 214 g/mol. The van der Waals surface area contributed by atoms with E-state index >= 15 is 0 Å². The lowest BCUT2D eigenvalue weighted by Crippen LogP contribution is -2.29. The number of benzene rings is 1. The van der Waals surface area contributed by atoms with Gasteiger partial charge in [0, 0.05) is 26.1 Å². The topological polar surface area (TPSA) is 21.7 Å². The third-order valence-corrected chi connectivity index (χ3v) is 3.48. The Morgan fingerprint density at radius 2 is 1.71 bits per heavy atom. The van der Waals surface area contributed by atoms with Crippen molar-refractivity contribution >= 4 is 0 Å². The molecule has 1 aromatic rings. The lowest BCUT2D eigenvalue weighted by Gasteiger charge is -2.25. The first-order valence-corrected chi connectivity index (χ1v) is 6.44. The first-order valence-electron chi connectivity index (χ1n) is 6.44. The maximum absolute atomic E-state index is 5.57. The lowest BCUT2D eigenvalue weighted by molar-refractivity contribution is -0.182. The number of rotatable bonds is 3. The fourth-order valence-corrected chi connectivity index (χ4v) is 2.55. The van der Waals surface area contributed by atoms with Crippen LogP contribution in [-0.2, 0) is 22.6 Å². The van der Waals surface area contributed by atoms with Gasteiger partial charge in [0.25, 0.3) is 0 Å². The van der Waals surface area contributed by atoms with Crippen molar-refractivity contribution in [1.82, 2.24) is 4.90 Å². The van der Waals surface area contributed by atoms with Gasteiger partial charge in [-0.3, -0.25) is 4.90 Å². The van der Waals surface area contributed by atoms with Crippen LogP contribution in [0.2, 0.25) is 0 Å². The molecular formula is C14H19NO2. The van der Waals surface area contributed by atoms with Crippen LogP contribution < -0.4 is 0 Å². The van der Waals surface area contributed by atoms with Crippen LogP contribution in [0, 0.1) is 0 Å². The van der Waals surface area contributed by atoms with Gasteiger partial charge in [0.05, 0.1) is 13.2 Å². The molecule has 3 nitrogen and oxygen atoms in total. The molecule has 0 saturated carbocycles. The molecule has 0 amide bonds. The zero-order valence-corrected chi connectivity index (χ0v) is 10.1. The summed E-state index contributed by atoms with van der Waals surface area (Å²) in [4.78, 5) is 2.46. The van der Waals surface area contributed by atoms with Crippen molar-refractivity contribution in [2.24, 2.45) is 0 Å². The summed E-state index contributed by atoms with van der Waals surface area (Å²) < 4.78 is 11.1. The predicted octanol–water partition coefficient (Wildman–Crippen LogP) is 2.16. The van der Waals surface area contributed by atoms with Gasteiger partial charge in [-0.1, -0.05) is 24.3 Å². The first kappa shape index (κ1) is 11.2. The maximum atomic E-state index is 5.57. The normalized spacial score (nSPS) is 21.6. The minimum atomic E-state index is 0.0208. The summed E-state index contributed by atoms with van der Waals surface area (Å²) in [5.41, 5.74) is 2.94. The Balaban J connectivity index is 1.48. The van der Waals surface area contributed by atoms with E-state index in [0.29, 0.717) is 0 Å². The Morgan fingerprint density at radius 1 is 1.06 bits per heavy atom. The highest BCUT2D eigenvalue weighted by molar-refractivity contribution is 5.30. The van der Waals surface area contributed by atoms with E-state index in [-0.39, 0.29) is 6.29 Å². The monoisotopic (exact) mass is 233 g/mol. The van der Waals surface area contributed by atoms with Crippen LogP contribution in [0.4, 0.5) is 0 Å². The maximum Gasteiger partial charge on any atom is 0.158 e. The van der Waals surface area contributed by atoms with Crippen LogP contribution in [0.5, 0.6) is 0 Å². The second-order valence-electron chi connectivity index (χ2n) is 4.79. The van der Waals surface area contributed by atoms with Gasteiger partial charge in [-0.2, -0.15) is 0 Å². The number of hydrogen-bond acceptors (Lipinski definition) is 3. The quantitative estimate of drug-likeness (QED) is 0.798. The van der Waals surface area contributed by atoms with Gasteiger partial charge in [-0.15, -0.1) is 0 Å². The van der Waals surface area contributed by atoms with Gasteiger partial charge in [-0.05, 0) is 17.5 Å². The SMILES string of the molecule is c1ccc2c(c1)CN(CCC1OCCCO1)C2. The van der Waals surface area contributed by atoms with Gasteiger partial charge in [0.2, 0.25) is 0 Å². The Hall–Kier alpha value is -0.900. The van der Waals surface area contributed by atoms with E-state index in [0.717, 1.165) is 45.7 Å². The number of hydrogen-bond donors (Lipinski definition) is 0. The van der Waals surface area contributed by atoms with Gasteiger partial charge >= 0.3 is 0 Å². The summed E-state index contributed by atoms with van der Waals surface area (Å²) in [6.45, 7) is 4.90. The zero-order valence-electron chi connectivity index (χ0n) is 10.1. The summed E-state index contributed by atoms with van der Waals surface area (Å²) in [6, 6.07) is 8.69. The van der Waals surface area contributed by atoms with E-state index < -0.39 is 0 Å². The molecule has 3 rings (SSSR count). The molecule has 0 aromatic heterocycles. The van der Waals surface area contributed by atoms with E-state index in [1.165, 1.54) is 11.1 Å². The summed E-state index contributed by atoms with van der Waals surface area (Å²) in [5.74, 6) is 0. The highest BCUT2D eigenvalue weighted by Gasteiger charge is 2.20. The smallest absolute Gasteiger partial charge is 0.158 e. The Bertz CT molecular complexity index is 349. The molecule has 2 aliphatic rings. The number of ether oxygens (including phenoxy) is 2. The van der Waals surface area contributed by atoms with Gasteiger partial charge in [-0.25, -0.2) is 0 Å². The van der Waals surface area contributed by atoms with Crippen molar-refractivity contribution in [2.75, 3.05) is 19.8 Å². The van der Waals surface area contributed by atoms with Crippen LogP contribution in [-0.4, -0.2) is 30.9 Å². The average molecular weight is 233 g/mol. The van der Waals surface area contributed by atoms with Crippen molar-refractivity contribution in [3.8, 4) is 0 Å². The van der Waals surface area contributed by atoms with Gasteiger partial charge in [0.15, 0.2) is 6.29 Å². The highest BCUT2D eigenvalue weighted by atomic mass is 16.7. The molecule has 1 fully saturated rings. The molecule has 0 N–H and O–H groups in total. The summed E-state index contributed by atoms with van der Waals surface area (Å²) in [5, 5.41) is 0. The van der Waals surface area contributed by atoms with Crippen molar-refractivity contribution in [1.29, 1.82) is 0 Å². The first-order chi connectivity index (χ1) is 8.42. The van der Waals surface area contributed by atoms with Crippen LogP contribution >= 0.6 is 0 Å². The van der Waals surface area contributed by atoms with E-state index in [2.05, 4.69) is 29.2 Å². The Morgan fingerprint density at radius 3 is 2.35 bits per heavy atom. The molecule has 2 heterocycles. The lowest BCUT2D eigenvalue weighted by atomic mass is 10.1. The zero-order chi connectivity index (χ0) is 11.5. The second-order valence-corrected chi connectivity index (χ2v) is 4.79. The molecule has 17 heavy (non-hydrogen) atoms. The van der Waals surface area contributed by atoms with E-state index in [1.54, 1.807) is 0 Å². The molecule has 3 heteroatoms. The third kappa shape index (κ3) is 2.68. The largest absolute Gasteiger partial charge is 0.353 e. The molecule has 0 radical (unpaired) electrons. The fourth-order valence-electron chi connectivity index (χ4n) is 2.55. The molecule has 2 aliphatic heterocycles. The fraction of sp³-hybridized carbons (Fsp3) is 0.571. The molecule has 0 spiro atoms. The minimum Gasteiger partial charge on any atom is -0.353 e. The molecule has 0 bridgehead atoms. The van der Waals surface area contributed by atoms with Gasteiger partial charge < -0.3 is 9.47 Å². The second kappa shape index (κ2) is 5.17. The van der Waals surface area contributed by atoms with Crippen LogP contribution in [0.1, 0.15) is 24.0 Å². The van der Waals surface area contributed by atoms with E-state index in [4.69, 9.17) is 9.47 Å². The molecule has 0 aliphatic carbocycles. The number of nitrogens with zero attached hydrogens (tertiary/aromatic N) is 1. The summed E-state index contributed by atoms with van der Waals surface area (Å²) in [6.07, 6.45) is 2.03. The van der Waals surface area contributed by atoms with Gasteiger partial charge in [0.1, 0.15) is 0 Å². The summed E-state index contributed by atoms with van der Waals surface area (Å²) >= 11 is 0. The van der Waals surface area contributed by atoms with E-state index in [1.807, 2.05) is 0 Å². The number of fused-ring (bicyclic) bond motifs is 1.